The lowest BCUT2D eigenvalue weighted by Gasteiger charge is -2.22. The van der Waals surface area contributed by atoms with Crippen LogP contribution >= 0.6 is 23.2 Å². The molecule has 1 aromatic carbocycles. The van der Waals surface area contributed by atoms with Gasteiger partial charge in [0.1, 0.15) is 6.04 Å². The summed E-state index contributed by atoms with van der Waals surface area (Å²) in [4.78, 5) is 37.9. The molecule has 1 rings (SSSR count). The SMILES string of the molecule is CC(C)[C@H](NC(=O)c1ccc(Cl)cc1Cl)C(=O)OCC(=O)N(C)CCC#N. The number of nitriles is 1. The Morgan fingerprint density at radius 2 is 1.96 bits per heavy atom. The van der Waals surface area contributed by atoms with Crippen LogP contribution in [0.4, 0.5) is 0 Å². The van der Waals surface area contributed by atoms with Gasteiger partial charge in [0.05, 0.1) is 23.1 Å². The number of carbonyl (C=O) groups is 3. The Bertz CT molecular complexity index is 747. The topological polar surface area (TPSA) is 99.5 Å². The van der Waals surface area contributed by atoms with E-state index in [1.165, 1.54) is 30.1 Å². The number of esters is 1. The maximum Gasteiger partial charge on any atom is 0.329 e. The number of amides is 2. The Hall–Kier alpha value is -2.30. The zero-order valence-corrected chi connectivity index (χ0v) is 16.8. The molecule has 9 heteroatoms. The van der Waals surface area contributed by atoms with Crippen LogP contribution in [0.5, 0.6) is 0 Å². The molecule has 0 fully saturated rings. The fourth-order valence-corrected chi connectivity index (χ4v) is 2.56. The van der Waals surface area contributed by atoms with E-state index < -0.39 is 30.4 Å². The molecule has 0 radical (unpaired) electrons. The van der Waals surface area contributed by atoms with Crippen molar-refractivity contribution in [2.45, 2.75) is 26.3 Å². The number of hydrogen-bond acceptors (Lipinski definition) is 5. The van der Waals surface area contributed by atoms with Crippen LogP contribution in [0.15, 0.2) is 18.2 Å². The summed E-state index contributed by atoms with van der Waals surface area (Å²) in [5, 5.41) is 11.6. The highest BCUT2D eigenvalue weighted by Crippen LogP contribution is 2.21. The summed E-state index contributed by atoms with van der Waals surface area (Å²) in [5.41, 5.74) is 0.173. The molecule has 0 aliphatic heterocycles. The number of halogens is 2. The van der Waals surface area contributed by atoms with Gasteiger partial charge >= 0.3 is 5.97 Å². The molecule has 0 saturated heterocycles. The molecular weight excluding hydrogens is 393 g/mol. The first-order valence-corrected chi connectivity index (χ1v) is 8.96. The number of benzene rings is 1. The zero-order chi connectivity index (χ0) is 20.6. The summed E-state index contributed by atoms with van der Waals surface area (Å²) in [5.74, 6) is -2.00. The lowest BCUT2D eigenvalue weighted by molar-refractivity contribution is -0.154. The van der Waals surface area contributed by atoms with Crippen LogP contribution in [-0.2, 0) is 14.3 Å². The molecular formula is C18H21Cl2N3O4. The fourth-order valence-electron chi connectivity index (χ4n) is 2.07. The smallest absolute Gasteiger partial charge is 0.329 e. The molecule has 0 unspecified atom stereocenters. The number of rotatable bonds is 8. The molecule has 146 valence electrons. The van der Waals surface area contributed by atoms with Crippen molar-refractivity contribution in [3.63, 3.8) is 0 Å². The van der Waals surface area contributed by atoms with Gasteiger partial charge in [-0.05, 0) is 24.1 Å². The highest BCUT2D eigenvalue weighted by molar-refractivity contribution is 6.36. The van der Waals surface area contributed by atoms with Gasteiger partial charge in [-0.15, -0.1) is 0 Å². The van der Waals surface area contributed by atoms with Crippen LogP contribution in [0.25, 0.3) is 0 Å². The Balaban J connectivity index is 2.72. The second kappa shape index (κ2) is 10.8. The average molecular weight is 414 g/mol. The quantitative estimate of drug-likeness (QED) is 0.660. The Labute approximate surface area is 168 Å². The van der Waals surface area contributed by atoms with Gasteiger partial charge in [-0.25, -0.2) is 4.79 Å². The van der Waals surface area contributed by atoms with E-state index in [2.05, 4.69) is 5.32 Å². The second-order valence-corrected chi connectivity index (χ2v) is 6.99. The third-order valence-electron chi connectivity index (χ3n) is 3.71. The molecule has 0 aliphatic carbocycles. The number of hydrogen-bond donors (Lipinski definition) is 1. The summed E-state index contributed by atoms with van der Waals surface area (Å²) >= 11 is 11.8. The number of likely N-dealkylation sites (N-methyl/N-ethyl adjacent to an activating group) is 1. The normalized spacial score (nSPS) is 11.4. The van der Waals surface area contributed by atoms with E-state index in [-0.39, 0.29) is 29.5 Å². The maximum atomic E-state index is 12.4. The molecule has 0 spiro atoms. The summed E-state index contributed by atoms with van der Waals surface area (Å²) in [6.45, 7) is 3.24. The third-order valence-corrected chi connectivity index (χ3v) is 4.25. The Morgan fingerprint density at radius 1 is 1.30 bits per heavy atom. The van der Waals surface area contributed by atoms with E-state index >= 15 is 0 Å². The van der Waals surface area contributed by atoms with Crippen LogP contribution in [0.1, 0.15) is 30.6 Å². The molecule has 0 aliphatic rings. The van der Waals surface area contributed by atoms with Crippen molar-refractivity contribution in [3.05, 3.63) is 33.8 Å². The van der Waals surface area contributed by atoms with E-state index in [1.54, 1.807) is 13.8 Å². The molecule has 0 heterocycles. The van der Waals surface area contributed by atoms with E-state index in [9.17, 15) is 14.4 Å². The number of ether oxygens (including phenoxy) is 1. The molecule has 1 N–H and O–H groups in total. The lowest BCUT2D eigenvalue weighted by Crippen LogP contribution is -2.46. The summed E-state index contributed by atoms with van der Waals surface area (Å²) < 4.78 is 5.03. The first-order valence-electron chi connectivity index (χ1n) is 8.20. The summed E-state index contributed by atoms with van der Waals surface area (Å²) in [6.07, 6.45) is 0.183. The van der Waals surface area contributed by atoms with Crippen LogP contribution in [0.2, 0.25) is 10.0 Å². The van der Waals surface area contributed by atoms with Gasteiger partial charge in [0.25, 0.3) is 11.8 Å². The minimum absolute atomic E-state index is 0.158. The van der Waals surface area contributed by atoms with Gasteiger partial charge in [-0.1, -0.05) is 37.0 Å². The standard InChI is InChI=1S/C18H21Cl2N3O4/c1-11(2)16(18(26)27-10-15(24)23(3)8-4-7-21)22-17(25)13-6-5-12(19)9-14(13)20/h5-6,9,11,16H,4,8,10H2,1-3H3,(H,22,25)/t16-/m0/s1. The number of carbonyl (C=O) groups excluding carboxylic acids is 3. The van der Waals surface area contributed by atoms with Crippen molar-refractivity contribution in [3.8, 4) is 6.07 Å². The molecule has 7 nitrogen and oxygen atoms in total. The van der Waals surface area contributed by atoms with Crippen molar-refractivity contribution in [1.82, 2.24) is 10.2 Å². The highest BCUT2D eigenvalue weighted by atomic mass is 35.5. The van der Waals surface area contributed by atoms with Crippen molar-refractivity contribution in [1.29, 1.82) is 5.26 Å². The van der Waals surface area contributed by atoms with Gasteiger partial charge in [0, 0.05) is 18.6 Å². The average Bonchev–Trinajstić information content (AvgIpc) is 2.61. The second-order valence-electron chi connectivity index (χ2n) is 6.15. The monoisotopic (exact) mass is 413 g/mol. The molecule has 0 bridgehead atoms. The van der Waals surface area contributed by atoms with Gasteiger partial charge in [0.15, 0.2) is 6.61 Å². The Morgan fingerprint density at radius 3 is 2.52 bits per heavy atom. The van der Waals surface area contributed by atoms with Crippen molar-refractivity contribution in [2.75, 3.05) is 20.2 Å². The minimum Gasteiger partial charge on any atom is -0.454 e. The van der Waals surface area contributed by atoms with Crippen molar-refractivity contribution in [2.24, 2.45) is 5.92 Å². The summed E-state index contributed by atoms with van der Waals surface area (Å²) in [6, 6.07) is 5.37. The molecule has 2 amide bonds. The molecule has 0 aromatic heterocycles. The van der Waals surface area contributed by atoms with Crippen molar-refractivity contribution >= 4 is 41.0 Å². The van der Waals surface area contributed by atoms with Gasteiger partial charge in [-0.2, -0.15) is 5.26 Å². The maximum absolute atomic E-state index is 12.4. The van der Waals surface area contributed by atoms with Crippen LogP contribution < -0.4 is 5.32 Å². The van der Waals surface area contributed by atoms with E-state index in [4.69, 9.17) is 33.2 Å². The van der Waals surface area contributed by atoms with Crippen LogP contribution in [0, 0.1) is 17.2 Å². The number of nitrogens with zero attached hydrogens (tertiary/aromatic N) is 2. The first kappa shape index (κ1) is 22.7. The van der Waals surface area contributed by atoms with Crippen LogP contribution in [-0.4, -0.2) is 48.9 Å². The third kappa shape index (κ3) is 7.08. The lowest BCUT2D eigenvalue weighted by atomic mass is 10.0. The molecule has 1 aromatic rings. The van der Waals surface area contributed by atoms with E-state index in [0.29, 0.717) is 5.02 Å². The van der Waals surface area contributed by atoms with E-state index in [0.717, 1.165) is 0 Å². The fraction of sp³-hybridized carbons (Fsp3) is 0.444. The number of nitrogens with one attached hydrogen (secondary N) is 1. The summed E-state index contributed by atoms with van der Waals surface area (Å²) in [7, 11) is 1.51. The predicted octanol–water partition coefficient (Wildman–Crippen LogP) is 2.66. The van der Waals surface area contributed by atoms with E-state index in [1.807, 2.05) is 6.07 Å². The predicted molar refractivity (Wildman–Crippen MR) is 101 cm³/mol. The van der Waals surface area contributed by atoms with Gasteiger partial charge in [0.2, 0.25) is 0 Å². The van der Waals surface area contributed by atoms with Crippen molar-refractivity contribution < 1.29 is 19.1 Å². The highest BCUT2D eigenvalue weighted by Gasteiger charge is 2.27. The van der Waals surface area contributed by atoms with Gasteiger partial charge in [-0.3, -0.25) is 9.59 Å². The van der Waals surface area contributed by atoms with Crippen LogP contribution in [0.3, 0.4) is 0 Å². The Kier molecular flexibility index (Phi) is 9.06. The molecule has 1 atom stereocenters. The molecule has 27 heavy (non-hydrogen) atoms. The van der Waals surface area contributed by atoms with Gasteiger partial charge < -0.3 is 15.0 Å². The first-order chi connectivity index (χ1) is 12.7. The molecule has 0 saturated carbocycles. The largest absolute Gasteiger partial charge is 0.454 e. The minimum atomic E-state index is -0.957. The zero-order valence-electron chi connectivity index (χ0n) is 15.3.